The van der Waals surface area contributed by atoms with Crippen molar-refractivity contribution in [2.24, 2.45) is 5.92 Å². The maximum atomic E-state index is 13.4. The molecule has 1 fully saturated rings. The van der Waals surface area contributed by atoms with Crippen molar-refractivity contribution in [3.8, 4) is 0 Å². The summed E-state index contributed by atoms with van der Waals surface area (Å²) in [5, 5.41) is 2.86. The van der Waals surface area contributed by atoms with Gasteiger partial charge < -0.3 is 10.2 Å². The highest BCUT2D eigenvalue weighted by Gasteiger charge is 2.32. The van der Waals surface area contributed by atoms with E-state index < -0.39 is 0 Å². The van der Waals surface area contributed by atoms with Crippen LogP contribution >= 0.6 is 11.8 Å². The van der Waals surface area contributed by atoms with Gasteiger partial charge in [0, 0.05) is 37.6 Å². The van der Waals surface area contributed by atoms with Crippen molar-refractivity contribution in [1.29, 1.82) is 0 Å². The van der Waals surface area contributed by atoms with E-state index in [4.69, 9.17) is 0 Å². The van der Waals surface area contributed by atoms with Crippen LogP contribution in [0.2, 0.25) is 0 Å². The second-order valence-corrected chi connectivity index (χ2v) is 6.37. The first kappa shape index (κ1) is 16.8. The molecule has 1 aliphatic heterocycles. The molecule has 1 unspecified atom stereocenters. The van der Waals surface area contributed by atoms with Gasteiger partial charge in [-0.1, -0.05) is 18.2 Å². The fourth-order valence-corrected chi connectivity index (χ4v) is 3.29. The number of hydrogen-bond donors (Lipinski definition) is 1. The summed E-state index contributed by atoms with van der Waals surface area (Å²) < 4.78 is 13.4. The minimum atomic E-state index is -0.232. The number of hydrogen-bond acceptors (Lipinski definition) is 3. The second kappa shape index (κ2) is 8.17. The first-order valence-electron chi connectivity index (χ1n) is 7.48. The molecule has 0 saturated carbocycles. The second-order valence-electron chi connectivity index (χ2n) is 5.27. The van der Waals surface area contributed by atoms with Gasteiger partial charge in [-0.15, -0.1) is 0 Å². The molecule has 1 aromatic rings. The standard InChI is InChI=1S/C16H21FN2O2S/c1-2-19-10-13(9-15(19)20)16(21)18-7-8-22-11-12-5-3-4-6-14(12)17/h3-6,13H,2,7-11H2,1H3,(H,18,21). The fourth-order valence-electron chi connectivity index (χ4n) is 2.44. The lowest BCUT2D eigenvalue weighted by molar-refractivity contribution is -0.128. The van der Waals surface area contributed by atoms with Crippen LogP contribution in [-0.2, 0) is 15.3 Å². The summed E-state index contributed by atoms with van der Waals surface area (Å²) in [7, 11) is 0. The number of halogens is 1. The van der Waals surface area contributed by atoms with E-state index in [0.29, 0.717) is 37.4 Å². The summed E-state index contributed by atoms with van der Waals surface area (Å²) in [6.45, 7) is 3.62. The molecule has 0 radical (unpaired) electrons. The van der Waals surface area contributed by atoms with Crippen molar-refractivity contribution in [3.63, 3.8) is 0 Å². The van der Waals surface area contributed by atoms with Crippen LogP contribution in [0.25, 0.3) is 0 Å². The first-order chi connectivity index (χ1) is 10.6. The van der Waals surface area contributed by atoms with Gasteiger partial charge in [0.1, 0.15) is 5.82 Å². The van der Waals surface area contributed by atoms with Gasteiger partial charge >= 0.3 is 0 Å². The largest absolute Gasteiger partial charge is 0.355 e. The molecule has 1 aromatic carbocycles. The highest BCUT2D eigenvalue weighted by Crippen LogP contribution is 2.18. The van der Waals surface area contributed by atoms with Gasteiger partial charge in [-0.05, 0) is 18.6 Å². The van der Waals surface area contributed by atoms with Crippen LogP contribution in [0.3, 0.4) is 0 Å². The molecule has 2 rings (SSSR count). The van der Waals surface area contributed by atoms with Crippen LogP contribution < -0.4 is 5.32 Å². The molecule has 120 valence electrons. The Balaban J connectivity index is 1.64. The molecule has 0 aliphatic carbocycles. The van der Waals surface area contributed by atoms with E-state index in [1.807, 2.05) is 13.0 Å². The van der Waals surface area contributed by atoms with Crippen molar-refractivity contribution in [2.45, 2.75) is 19.1 Å². The van der Waals surface area contributed by atoms with Crippen molar-refractivity contribution < 1.29 is 14.0 Å². The number of nitrogens with zero attached hydrogens (tertiary/aromatic N) is 1. The van der Waals surface area contributed by atoms with E-state index in [1.165, 1.54) is 6.07 Å². The smallest absolute Gasteiger partial charge is 0.225 e. The van der Waals surface area contributed by atoms with Crippen LogP contribution in [0.1, 0.15) is 18.9 Å². The molecular weight excluding hydrogens is 303 g/mol. The highest BCUT2D eigenvalue weighted by molar-refractivity contribution is 7.98. The first-order valence-corrected chi connectivity index (χ1v) is 8.64. The minimum absolute atomic E-state index is 0.0524. The molecule has 22 heavy (non-hydrogen) atoms. The summed E-state index contributed by atoms with van der Waals surface area (Å²) in [6.07, 6.45) is 0.308. The number of nitrogens with one attached hydrogen (secondary N) is 1. The SMILES string of the molecule is CCN1CC(C(=O)NCCSCc2ccccc2F)CC1=O. The number of rotatable bonds is 7. The third-order valence-electron chi connectivity index (χ3n) is 3.73. The molecule has 1 saturated heterocycles. The van der Waals surface area contributed by atoms with Crippen LogP contribution in [-0.4, -0.2) is 42.1 Å². The van der Waals surface area contributed by atoms with Crippen LogP contribution in [0.5, 0.6) is 0 Å². The van der Waals surface area contributed by atoms with E-state index in [-0.39, 0.29) is 23.5 Å². The molecule has 0 bridgehead atoms. The van der Waals surface area contributed by atoms with Crippen molar-refractivity contribution in [2.75, 3.05) is 25.4 Å². The summed E-state index contributed by atoms with van der Waals surface area (Å²) in [6, 6.07) is 6.71. The van der Waals surface area contributed by atoms with Crippen LogP contribution in [0.15, 0.2) is 24.3 Å². The molecule has 0 aromatic heterocycles. The molecule has 6 heteroatoms. The molecule has 1 N–H and O–H groups in total. The number of amides is 2. The summed E-state index contributed by atoms with van der Waals surface area (Å²) in [5.74, 6) is 0.881. The summed E-state index contributed by atoms with van der Waals surface area (Å²) in [5.41, 5.74) is 0.679. The van der Waals surface area contributed by atoms with Crippen LogP contribution in [0, 0.1) is 11.7 Å². The van der Waals surface area contributed by atoms with Gasteiger partial charge in [-0.25, -0.2) is 4.39 Å². The number of benzene rings is 1. The van der Waals surface area contributed by atoms with E-state index in [1.54, 1.807) is 28.8 Å². The van der Waals surface area contributed by atoms with Crippen molar-refractivity contribution in [1.82, 2.24) is 10.2 Å². The number of thioether (sulfide) groups is 1. The maximum Gasteiger partial charge on any atom is 0.225 e. The van der Waals surface area contributed by atoms with E-state index in [2.05, 4.69) is 5.32 Å². The number of carbonyl (C=O) groups excluding carboxylic acids is 2. The third kappa shape index (κ3) is 4.47. The Kier molecular flexibility index (Phi) is 6.24. The molecular formula is C16H21FN2O2S. The fraction of sp³-hybridized carbons (Fsp3) is 0.500. The zero-order chi connectivity index (χ0) is 15.9. The Labute approximate surface area is 134 Å². The average molecular weight is 324 g/mol. The van der Waals surface area contributed by atoms with Gasteiger partial charge in [0.05, 0.1) is 5.92 Å². The monoisotopic (exact) mass is 324 g/mol. The lowest BCUT2D eigenvalue weighted by Gasteiger charge is -2.13. The number of carbonyl (C=O) groups is 2. The highest BCUT2D eigenvalue weighted by atomic mass is 32.2. The zero-order valence-electron chi connectivity index (χ0n) is 12.7. The zero-order valence-corrected chi connectivity index (χ0v) is 13.5. The maximum absolute atomic E-state index is 13.4. The summed E-state index contributed by atoms with van der Waals surface area (Å²) in [4.78, 5) is 25.3. The van der Waals surface area contributed by atoms with Gasteiger partial charge in [0.25, 0.3) is 0 Å². The van der Waals surface area contributed by atoms with Crippen molar-refractivity contribution >= 4 is 23.6 Å². The molecule has 1 heterocycles. The molecule has 0 spiro atoms. The Morgan fingerprint density at radius 1 is 1.45 bits per heavy atom. The van der Waals surface area contributed by atoms with E-state index in [9.17, 15) is 14.0 Å². The molecule has 2 amide bonds. The average Bonchev–Trinajstić information content (AvgIpc) is 2.89. The third-order valence-corrected chi connectivity index (χ3v) is 4.74. The van der Waals surface area contributed by atoms with Gasteiger partial charge in [0.2, 0.25) is 11.8 Å². The van der Waals surface area contributed by atoms with Gasteiger partial charge in [-0.2, -0.15) is 11.8 Å². The Bertz CT molecular complexity index is 539. The summed E-state index contributed by atoms with van der Waals surface area (Å²) >= 11 is 1.58. The molecule has 1 aliphatic rings. The Morgan fingerprint density at radius 2 is 2.23 bits per heavy atom. The van der Waals surface area contributed by atoms with Gasteiger partial charge in [0.15, 0.2) is 0 Å². The Hall–Kier alpha value is -1.56. The van der Waals surface area contributed by atoms with Gasteiger partial charge in [-0.3, -0.25) is 9.59 Å². The quantitative estimate of drug-likeness (QED) is 0.781. The lowest BCUT2D eigenvalue weighted by Crippen LogP contribution is -2.34. The predicted octanol–water partition coefficient (Wildman–Crippen LogP) is 2.04. The van der Waals surface area contributed by atoms with Crippen molar-refractivity contribution in [3.05, 3.63) is 35.6 Å². The minimum Gasteiger partial charge on any atom is -0.355 e. The van der Waals surface area contributed by atoms with E-state index in [0.717, 1.165) is 5.75 Å². The lowest BCUT2D eigenvalue weighted by atomic mass is 10.1. The Morgan fingerprint density at radius 3 is 2.91 bits per heavy atom. The molecule has 1 atom stereocenters. The predicted molar refractivity (Wildman–Crippen MR) is 85.9 cm³/mol. The normalized spacial score (nSPS) is 17.8. The topological polar surface area (TPSA) is 49.4 Å². The van der Waals surface area contributed by atoms with E-state index >= 15 is 0 Å². The van der Waals surface area contributed by atoms with Crippen LogP contribution in [0.4, 0.5) is 4.39 Å². The molecule has 4 nitrogen and oxygen atoms in total. The number of likely N-dealkylation sites (tertiary alicyclic amines) is 1.